The quantitative estimate of drug-likeness (QED) is 0.408. The van der Waals surface area contributed by atoms with Gasteiger partial charge < -0.3 is 5.32 Å². The molecule has 3 N–H and O–H groups in total. The molecular weight excluding hydrogens is 488 g/mol. The first-order valence-corrected chi connectivity index (χ1v) is 13.8. The molecule has 0 fully saturated rings. The number of carbonyl (C=O) groups is 1. The number of anilines is 1. The number of carbonyl (C=O) groups excluding carboxylic acids is 1. The highest BCUT2D eigenvalue weighted by atomic mass is 32.2. The largest absolute Gasteiger partial charge is 0.321 e. The van der Waals surface area contributed by atoms with E-state index in [1.807, 2.05) is 0 Å². The third-order valence-corrected chi connectivity index (χ3v) is 7.32. The van der Waals surface area contributed by atoms with Gasteiger partial charge in [-0.25, -0.2) is 26.7 Å². The lowest BCUT2D eigenvalue weighted by Crippen LogP contribution is -2.18. The summed E-state index contributed by atoms with van der Waals surface area (Å²) in [5, 5.41) is 12.4. The molecule has 0 aliphatic rings. The smallest absolute Gasteiger partial charge is 0.274 e. The maximum absolute atomic E-state index is 13.1. The van der Waals surface area contributed by atoms with Gasteiger partial charge in [-0.05, 0) is 48.9 Å². The number of hydrogen-bond acceptors (Lipinski definition) is 6. The number of sulfonamides is 1. The highest BCUT2D eigenvalue weighted by Gasteiger charge is 2.21. The van der Waals surface area contributed by atoms with E-state index in [1.54, 1.807) is 73.7 Å². The molecule has 1 heterocycles. The van der Waals surface area contributed by atoms with Gasteiger partial charge in [0.25, 0.3) is 5.91 Å². The summed E-state index contributed by atoms with van der Waals surface area (Å²) in [6.45, 7) is 1.70. The fourth-order valence-corrected chi connectivity index (χ4v) is 5.29. The SMILES string of the molecule is Cc1cc(C(=O)Nc2ccc(-c3ccccc3S(N)(=O)=O)cc2)n(-c2ccccc2S(C)(=O)=O)n1. The van der Waals surface area contributed by atoms with Crippen molar-refractivity contribution in [3.63, 3.8) is 0 Å². The Hall–Kier alpha value is -3.80. The molecule has 0 bridgehead atoms. The lowest BCUT2D eigenvalue weighted by atomic mass is 10.1. The van der Waals surface area contributed by atoms with Crippen LogP contribution in [-0.4, -0.2) is 38.8 Å². The first-order valence-electron chi connectivity index (χ1n) is 10.3. The molecule has 0 aliphatic heterocycles. The van der Waals surface area contributed by atoms with Gasteiger partial charge >= 0.3 is 0 Å². The van der Waals surface area contributed by atoms with Crippen molar-refractivity contribution in [3.8, 4) is 16.8 Å². The Morgan fingerprint density at radius 1 is 0.886 bits per heavy atom. The molecule has 4 aromatic rings. The molecule has 0 radical (unpaired) electrons. The molecule has 180 valence electrons. The third-order valence-electron chi connectivity index (χ3n) is 5.20. The van der Waals surface area contributed by atoms with Crippen molar-refractivity contribution >= 4 is 31.5 Å². The number of aromatic nitrogens is 2. The summed E-state index contributed by atoms with van der Waals surface area (Å²) in [5.74, 6) is -0.494. The second-order valence-electron chi connectivity index (χ2n) is 7.90. The number of nitrogens with two attached hydrogens (primary N) is 1. The van der Waals surface area contributed by atoms with Crippen molar-refractivity contribution in [2.45, 2.75) is 16.7 Å². The third kappa shape index (κ3) is 5.16. The second kappa shape index (κ2) is 9.10. The summed E-state index contributed by atoms with van der Waals surface area (Å²) in [4.78, 5) is 13.2. The van der Waals surface area contributed by atoms with Gasteiger partial charge in [0.15, 0.2) is 9.84 Å². The first-order chi connectivity index (χ1) is 16.4. The minimum absolute atomic E-state index is 0.000652. The van der Waals surface area contributed by atoms with Crippen molar-refractivity contribution in [3.05, 3.63) is 90.3 Å². The molecule has 0 saturated heterocycles. The summed E-state index contributed by atoms with van der Waals surface area (Å²) >= 11 is 0. The Bertz CT molecular complexity index is 1640. The molecule has 0 saturated carbocycles. The highest BCUT2D eigenvalue weighted by Crippen LogP contribution is 2.28. The van der Waals surface area contributed by atoms with Crippen LogP contribution in [0.2, 0.25) is 0 Å². The number of primary sulfonamides is 1. The van der Waals surface area contributed by atoms with Crippen LogP contribution in [0, 0.1) is 6.92 Å². The van der Waals surface area contributed by atoms with Crippen LogP contribution < -0.4 is 10.5 Å². The molecular formula is C24H22N4O5S2. The first kappa shape index (κ1) is 24.3. The summed E-state index contributed by atoms with van der Waals surface area (Å²) < 4.78 is 49.6. The van der Waals surface area contributed by atoms with Gasteiger partial charge in [-0.15, -0.1) is 0 Å². The van der Waals surface area contributed by atoms with Gasteiger partial charge in [0, 0.05) is 17.5 Å². The van der Waals surface area contributed by atoms with E-state index >= 15 is 0 Å². The van der Waals surface area contributed by atoms with Crippen LogP contribution in [0.25, 0.3) is 16.8 Å². The average Bonchev–Trinajstić information content (AvgIpc) is 3.20. The fourth-order valence-electron chi connectivity index (χ4n) is 3.67. The zero-order valence-electron chi connectivity index (χ0n) is 18.8. The van der Waals surface area contributed by atoms with Crippen molar-refractivity contribution in [2.75, 3.05) is 11.6 Å². The maximum Gasteiger partial charge on any atom is 0.274 e. The zero-order chi connectivity index (χ0) is 25.4. The summed E-state index contributed by atoms with van der Waals surface area (Å²) in [7, 11) is -7.48. The summed E-state index contributed by atoms with van der Waals surface area (Å²) in [6, 6.07) is 20.8. The Morgan fingerprint density at radius 3 is 2.11 bits per heavy atom. The molecule has 1 aromatic heterocycles. The van der Waals surface area contributed by atoms with Gasteiger partial charge in [0.2, 0.25) is 10.0 Å². The van der Waals surface area contributed by atoms with Crippen molar-refractivity contribution in [1.82, 2.24) is 9.78 Å². The van der Waals surface area contributed by atoms with Crippen LogP contribution in [0.5, 0.6) is 0 Å². The Balaban J connectivity index is 1.65. The van der Waals surface area contributed by atoms with Crippen LogP contribution >= 0.6 is 0 Å². The molecule has 0 aliphatic carbocycles. The minimum Gasteiger partial charge on any atom is -0.321 e. The molecule has 0 atom stereocenters. The zero-order valence-corrected chi connectivity index (χ0v) is 20.5. The number of rotatable bonds is 6. The topological polar surface area (TPSA) is 141 Å². The highest BCUT2D eigenvalue weighted by molar-refractivity contribution is 7.90. The molecule has 11 heteroatoms. The summed E-state index contributed by atoms with van der Waals surface area (Å²) in [5.41, 5.74) is 2.46. The Kier molecular flexibility index (Phi) is 6.32. The summed E-state index contributed by atoms with van der Waals surface area (Å²) in [6.07, 6.45) is 1.09. The van der Waals surface area contributed by atoms with E-state index in [0.717, 1.165) is 6.26 Å². The Labute approximate surface area is 203 Å². The number of nitrogens with one attached hydrogen (secondary N) is 1. The molecule has 9 nitrogen and oxygen atoms in total. The second-order valence-corrected chi connectivity index (χ2v) is 11.4. The van der Waals surface area contributed by atoms with Crippen LogP contribution in [0.1, 0.15) is 16.2 Å². The van der Waals surface area contributed by atoms with E-state index in [1.165, 1.54) is 16.8 Å². The van der Waals surface area contributed by atoms with Gasteiger partial charge in [0.05, 0.1) is 21.2 Å². The fraction of sp³-hybridized carbons (Fsp3) is 0.0833. The van der Waals surface area contributed by atoms with E-state index in [2.05, 4.69) is 10.4 Å². The van der Waals surface area contributed by atoms with Crippen molar-refractivity contribution in [2.24, 2.45) is 5.14 Å². The predicted molar refractivity (Wildman–Crippen MR) is 133 cm³/mol. The van der Waals surface area contributed by atoms with E-state index in [0.29, 0.717) is 22.5 Å². The standard InChI is InChI=1S/C24H22N4O5S2/c1-16-15-21(28(27-16)20-8-4-6-10-23(20)34(2,30)31)24(29)26-18-13-11-17(12-14-18)19-7-3-5-9-22(19)35(25,32)33/h3-15H,1-2H3,(H,26,29)(H2,25,32,33). The number of sulfone groups is 1. The van der Waals surface area contributed by atoms with Crippen molar-refractivity contribution < 1.29 is 21.6 Å². The molecule has 35 heavy (non-hydrogen) atoms. The van der Waals surface area contributed by atoms with E-state index in [9.17, 15) is 21.6 Å². The average molecular weight is 511 g/mol. The lowest BCUT2D eigenvalue weighted by Gasteiger charge is -2.12. The van der Waals surface area contributed by atoms with Crippen LogP contribution in [0.15, 0.2) is 88.7 Å². The van der Waals surface area contributed by atoms with Gasteiger partial charge in [0.1, 0.15) is 5.69 Å². The molecule has 1 amide bonds. The number of aryl methyl sites for hydroxylation is 1. The van der Waals surface area contributed by atoms with Gasteiger partial charge in [-0.1, -0.05) is 42.5 Å². The number of amides is 1. The molecule has 3 aromatic carbocycles. The number of benzene rings is 3. The monoisotopic (exact) mass is 510 g/mol. The van der Waals surface area contributed by atoms with E-state index in [4.69, 9.17) is 5.14 Å². The van der Waals surface area contributed by atoms with Gasteiger partial charge in [-0.3, -0.25) is 4.79 Å². The van der Waals surface area contributed by atoms with E-state index < -0.39 is 25.8 Å². The van der Waals surface area contributed by atoms with E-state index in [-0.39, 0.29) is 21.2 Å². The minimum atomic E-state index is -3.91. The van der Waals surface area contributed by atoms with Crippen LogP contribution in [0.3, 0.4) is 0 Å². The normalized spacial score (nSPS) is 11.9. The number of hydrogen-bond donors (Lipinski definition) is 2. The number of nitrogens with zero attached hydrogens (tertiary/aromatic N) is 2. The molecule has 0 unspecified atom stereocenters. The van der Waals surface area contributed by atoms with Crippen LogP contribution in [0.4, 0.5) is 5.69 Å². The Morgan fingerprint density at radius 2 is 1.49 bits per heavy atom. The maximum atomic E-state index is 13.1. The predicted octanol–water partition coefficient (Wildman–Crippen LogP) is 3.15. The van der Waals surface area contributed by atoms with Gasteiger partial charge in [-0.2, -0.15) is 5.10 Å². The van der Waals surface area contributed by atoms with Crippen molar-refractivity contribution in [1.29, 1.82) is 0 Å². The molecule has 0 spiro atoms. The molecule has 4 rings (SSSR count). The lowest BCUT2D eigenvalue weighted by molar-refractivity contribution is 0.101. The number of para-hydroxylation sites is 1. The van der Waals surface area contributed by atoms with Crippen LogP contribution in [-0.2, 0) is 19.9 Å².